The molecule has 1 unspecified atom stereocenters. The largest absolute Gasteiger partial charge is 0.465 e. The van der Waals surface area contributed by atoms with Crippen LogP contribution in [-0.4, -0.2) is 67.7 Å². The minimum absolute atomic E-state index is 0.0782. The number of nitrogens with zero attached hydrogens (tertiary/aromatic N) is 2. The smallest absolute Gasteiger partial charge is 0.330 e. The number of rotatable bonds is 21. The van der Waals surface area contributed by atoms with Crippen LogP contribution in [0.25, 0.3) is 4.85 Å². The van der Waals surface area contributed by atoms with Crippen molar-refractivity contribution < 1.29 is 57.5 Å². The summed E-state index contributed by atoms with van der Waals surface area (Å²) in [5, 5.41) is 19.3. The second-order valence-electron chi connectivity index (χ2n) is 21.1. The molecule has 16 heteroatoms. The van der Waals surface area contributed by atoms with Crippen molar-refractivity contribution >= 4 is 53.4 Å². The Bertz CT molecular complexity index is 2190. The van der Waals surface area contributed by atoms with E-state index >= 15 is 0 Å². The molecule has 1 aromatic rings. The molecule has 1 aromatic carbocycles. The number of ether oxygens (including phenoxy) is 6. The molecule has 392 valence electrons. The van der Waals surface area contributed by atoms with E-state index in [2.05, 4.69) is 18.0 Å². The number of hydrogen-bond donors (Lipinski definition) is 1. The molecular formula is C56H74N2O12S2. The van der Waals surface area contributed by atoms with Gasteiger partial charge in [0.15, 0.2) is 6.29 Å². The predicted octanol–water partition coefficient (Wildman–Crippen LogP) is 11.7. The molecular weight excluding hydrogens is 957 g/mol. The summed E-state index contributed by atoms with van der Waals surface area (Å²) < 4.78 is 34.4. The van der Waals surface area contributed by atoms with E-state index in [1.807, 2.05) is 32.9 Å². The molecule has 14 nitrogen and oxygen atoms in total. The molecule has 0 spiro atoms. The van der Waals surface area contributed by atoms with E-state index in [1.165, 1.54) is 29.6 Å². The third kappa shape index (κ3) is 15.7. The van der Waals surface area contributed by atoms with Crippen molar-refractivity contribution in [1.82, 2.24) is 0 Å². The molecule has 1 N–H and O–H groups in total. The third-order valence-electron chi connectivity index (χ3n) is 15.4. The van der Waals surface area contributed by atoms with Crippen LogP contribution in [0.1, 0.15) is 155 Å². The molecule has 0 bridgehead atoms. The van der Waals surface area contributed by atoms with Crippen LogP contribution in [0.2, 0.25) is 0 Å². The highest BCUT2D eigenvalue weighted by Crippen LogP contribution is 2.61. The topological polar surface area (TPSA) is 189 Å². The molecule has 1 aliphatic heterocycles. The van der Waals surface area contributed by atoms with Gasteiger partial charge in [0.05, 0.1) is 76.8 Å². The molecule has 4 aliphatic carbocycles. The zero-order chi connectivity index (χ0) is 51.8. The van der Waals surface area contributed by atoms with Gasteiger partial charge in [-0.3, -0.25) is 19.2 Å². The quantitative estimate of drug-likeness (QED) is 0.0141. The van der Waals surface area contributed by atoms with Crippen molar-refractivity contribution in [2.75, 3.05) is 26.4 Å². The number of benzene rings is 1. The lowest BCUT2D eigenvalue weighted by molar-refractivity contribution is -0.151. The minimum Gasteiger partial charge on any atom is -0.465 e. The molecule has 4 fully saturated rings. The Labute approximate surface area is 434 Å². The maximum Gasteiger partial charge on any atom is 0.330 e. The Balaban J connectivity index is 1.01. The zero-order valence-electron chi connectivity index (χ0n) is 42.5. The molecule has 0 aromatic heterocycles. The lowest BCUT2D eigenvalue weighted by Gasteiger charge is -2.37. The number of carbonyl (C=O) groups excluding carboxylic acids is 5. The Morgan fingerprint density at radius 1 is 0.681 bits per heavy atom. The van der Waals surface area contributed by atoms with E-state index in [1.54, 1.807) is 0 Å². The van der Waals surface area contributed by atoms with Crippen LogP contribution in [0.4, 0.5) is 0 Å². The van der Waals surface area contributed by atoms with Crippen LogP contribution in [0.15, 0.2) is 51.1 Å². The number of fused-ring (bicyclic) bond motifs is 1. The summed E-state index contributed by atoms with van der Waals surface area (Å²) in [6.45, 7) is 21.9. The van der Waals surface area contributed by atoms with Crippen LogP contribution in [0.5, 0.6) is 11.5 Å². The van der Waals surface area contributed by atoms with E-state index < -0.39 is 17.7 Å². The summed E-state index contributed by atoms with van der Waals surface area (Å²) in [6, 6.07) is 3.82. The van der Waals surface area contributed by atoms with Gasteiger partial charge in [-0.25, -0.2) is 14.9 Å². The highest BCUT2D eigenvalue weighted by Gasteiger charge is 2.40. The molecule has 1 heterocycles. The molecule has 0 amide bonds. The van der Waals surface area contributed by atoms with Crippen LogP contribution in [-0.2, 0) is 48.3 Å². The van der Waals surface area contributed by atoms with Crippen molar-refractivity contribution in [3.63, 3.8) is 0 Å². The first-order valence-corrected chi connectivity index (χ1v) is 27.8. The Hall–Kier alpha value is -4.61. The summed E-state index contributed by atoms with van der Waals surface area (Å²) in [5.41, 5.74) is 0.0840. The van der Waals surface area contributed by atoms with Gasteiger partial charge < -0.3 is 33.5 Å². The summed E-state index contributed by atoms with van der Waals surface area (Å²) in [6.07, 6.45) is 17.4. The van der Waals surface area contributed by atoms with Crippen LogP contribution in [0.3, 0.4) is 0 Å². The maximum absolute atomic E-state index is 14.2. The lowest BCUT2D eigenvalue weighted by atomic mass is 9.69. The molecule has 0 radical (unpaired) electrons. The van der Waals surface area contributed by atoms with Gasteiger partial charge in [0.2, 0.25) is 0 Å². The highest BCUT2D eigenvalue weighted by molar-refractivity contribution is 8.24. The molecule has 72 heavy (non-hydrogen) atoms. The van der Waals surface area contributed by atoms with Gasteiger partial charge in [0.1, 0.15) is 11.5 Å². The second kappa shape index (κ2) is 27.6. The fourth-order valence-corrected chi connectivity index (χ4v) is 13.6. The fraction of sp³-hybridized carbons (Fsp3) is 0.661. The molecule has 5 aliphatic rings. The number of carbonyl (C=O) groups is 5. The van der Waals surface area contributed by atoms with Crippen molar-refractivity contribution in [3.8, 4) is 17.6 Å². The number of unbranched alkanes of at least 4 members (excludes halogenated alkanes) is 2. The molecule has 6 rings (SSSR count). The van der Waals surface area contributed by atoms with Gasteiger partial charge in [-0.15, -0.1) is 0 Å². The Morgan fingerprint density at radius 2 is 1.10 bits per heavy atom. The monoisotopic (exact) mass is 1030 g/mol. The normalized spacial score (nSPS) is 26.3. The first-order chi connectivity index (χ1) is 34.6. The van der Waals surface area contributed by atoms with E-state index in [-0.39, 0.29) is 59.9 Å². The summed E-state index contributed by atoms with van der Waals surface area (Å²) in [5.74, 6) is 0.477. The summed E-state index contributed by atoms with van der Waals surface area (Å²) in [7, 11) is 0. The van der Waals surface area contributed by atoms with Crippen LogP contribution < -0.4 is 9.47 Å². The second-order valence-corrected chi connectivity index (χ2v) is 23.4. The summed E-state index contributed by atoms with van der Waals surface area (Å²) in [4.78, 5) is 69.6. The number of thioether (sulfide) groups is 2. The number of nitriles is 1. The van der Waals surface area contributed by atoms with Gasteiger partial charge in [0, 0.05) is 11.6 Å². The van der Waals surface area contributed by atoms with Crippen LogP contribution >= 0.6 is 23.5 Å². The minimum atomic E-state index is -0.981. The lowest BCUT2D eigenvalue weighted by Crippen LogP contribution is -2.32. The predicted molar refractivity (Wildman–Crippen MR) is 273 cm³/mol. The third-order valence-corrected chi connectivity index (χ3v) is 18.0. The average Bonchev–Trinajstić information content (AvgIpc) is 3.84. The molecule has 0 saturated heterocycles. The number of aliphatic hydroxyl groups excluding tert-OH is 1. The van der Waals surface area contributed by atoms with Crippen molar-refractivity contribution in [2.24, 2.45) is 47.3 Å². The van der Waals surface area contributed by atoms with Crippen molar-refractivity contribution in [2.45, 2.75) is 171 Å². The van der Waals surface area contributed by atoms with Gasteiger partial charge in [-0.2, -0.15) is 0 Å². The van der Waals surface area contributed by atoms with Crippen LogP contribution in [0, 0.1) is 65.2 Å². The first-order valence-electron chi connectivity index (χ1n) is 26.2. The van der Waals surface area contributed by atoms with Gasteiger partial charge in [0.25, 0.3) is 5.70 Å². The number of hydrogen-bond acceptors (Lipinski definition) is 15. The van der Waals surface area contributed by atoms with Crippen molar-refractivity contribution in [1.29, 1.82) is 5.26 Å². The number of aliphatic hydroxyl groups is 1. The molecule has 1 atom stereocenters. The van der Waals surface area contributed by atoms with Gasteiger partial charge in [-0.1, -0.05) is 57.5 Å². The van der Waals surface area contributed by atoms with E-state index in [9.17, 15) is 34.3 Å². The van der Waals surface area contributed by atoms with E-state index in [4.69, 9.17) is 35.0 Å². The zero-order valence-corrected chi connectivity index (χ0v) is 44.1. The van der Waals surface area contributed by atoms with E-state index in [0.29, 0.717) is 126 Å². The van der Waals surface area contributed by atoms with Gasteiger partial charge in [-0.05, 0) is 170 Å². The average molecular weight is 1030 g/mol. The van der Waals surface area contributed by atoms with Gasteiger partial charge >= 0.3 is 29.8 Å². The number of esters is 5. The molecule has 4 saturated carbocycles. The van der Waals surface area contributed by atoms with Crippen molar-refractivity contribution in [3.05, 3.63) is 58.3 Å². The summed E-state index contributed by atoms with van der Waals surface area (Å²) >= 11 is 2.42. The Morgan fingerprint density at radius 3 is 1.51 bits per heavy atom. The standard InChI is InChI=1S/C56H74N2O12S2/c1-7-46(59)65-29-9-11-31-67-51(61)39-21-13-35(14-22-39)37-17-25-41(26-18-37)53(63)69-45-33-43(56(3,4)5)48(50-49(45)71-55(72-50)44(34-57)58-6)70-54(64)42-27-19-38(20-28-42)36-15-23-40(24-16-36)52(62)68-32-12-10-30-66-47(60)8-2/h7-8,33,35-42,46,59H,1-2,9-32H2,3-5H3/b55-44-. The number of allylic oxidation sites excluding steroid dienone is 1. The first kappa shape index (κ1) is 56.7. The maximum atomic E-state index is 14.2. The highest BCUT2D eigenvalue weighted by atomic mass is 32.2. The SMILES string of the molecule is [C-]#[N+]/C(C#N)=C1/Sc2c(OC(=O)C3CCC(C4CCC(C(=O)OCCCCOC(O)C=C)CC4)CC3)cc(C(C)(C)C)c(OC(=O)C3CCC(C4CCC(C(=O)OCCCCOC(=O)C=C)CC4)CC3)c2S1. The fourth-order valence-electron chi connectivity index (χ4n) is 11.1. The van der Waals surface area contributed by atoms with E-state index in [0.717, 1.165) is 83.1 Å². The Kier molecular flexibility index (Phi) is 21.7.